The molecular weight excluding hydrogens is 354 g/mol. The molecule has 1 fully saturated rings. The van der Waals surface area contributed by atoms with E-state index < -0.39 is 5.91 Å². The summed E-state index contributed by atoms with van der Waals surface area (Å²) in [5.74, 6) is -0.383. The summed E-state index contributed by atoms with van der Waals surface area (Å²) < 4.78 is 5.40. The highest BCUT2D eigenvalue weighted by Crippen LogP contribution is 2.27. The van der Waals surface area contributed by atoms with Crippen LogP contribution in [0.15, 0.2) is 18.2 Å². The first-order chi connectivity index (χ1) is 12.5. The third-order valence-electron chi connectivity index (χ3n) is 4.30. The Morgan fingerprint density at radius 1 is 1.35 bits per heavy atom. The van der Waals surface area contributed by atoms with Crippen LogP contribution in [0.3, 0.4) is 0 Å². The average Bonchev–Trinajstić information content (AvgIpc) is 2.62. The second-order valence-electron chi connectivity index (χ2n) is 6.10. The van der Waals surface area contributed by atoms with Crippen LogP contribution in [0, 0.1) is 6.92 Å². The molecule has 2 heterocycles. The number of ether oxygens (including phenoxy) is 1. The van der Waals surface area contributed by atoms with Crippen LogP contribution >= 0.6 is 11.6 Å². The minimum Gasteiger partial charge on any atom is -0.378 e. The topological polar surface area (TPSA) is 93.4 Å². The average molecular weight is 376 g/mol. The third-order valence-corrected chi connectivity index (χ3v) is 4.60. The van der Waals surface area contributed by atoms with Crippen LogP contribution in [0.4, 0.5) is 17.2 Å². The summed E-state index contributed by atoms with van der Waals surface area (Å²) in [7, 11) is 0. The predicted molar refractivity (Wildman–Crippen MR) is 102 cm³/mol. The lowest BCUT2D eigenvalue weighted by atomic mass is 10.1. The zero-order valence-electron chi connectivity index (χ0n) is 14.9. The molecule has 1 aromatic carbocycles. The molecule has 1 saturated heterocycles. The molecule has 1 aliphatic rings. The van der Waals surface area contributed by atoms with Gasteiger partial charge < -0.3 is 20.7 Å². The summed E-state index contributed by atoms with van der Waals surface area (Å²) in [6.45, 7) is 7.15. The van der Waals surface area contributed by atoms with Gasteiger partial charge in [0.2, 0.25) is 0 Å². The highest BCUT2D eigenvalue weighted by Gasteiger charge is 2.17. The molecule has 1 aliphatic heterocycles. The Hall–Kier alpha value is -2.38. The van der Waals surface area contributed by atoms with E-state index in [1.807, 2.05) is 32.0 Å². The van der Waals surface area contributed by atoms with Crippen molar-refractivity contribution in [2.24, 2.45) is 5.73 Å². The van der Waals surface area contributed by atoms with Gasteiger partial charge in [0, 0.05) is 24.5 Å². The smallest absolute Gasteiger partial charge is 0.271 e. The number of amides is 1. The number of nitrogens with two attached hydrogens (primary N) is 1. The van der Waals surface area contributed by atoms with E-state index in [-0.39, 0.29) is 16.7 Å². The number of nitrogens with zero attached hydrogens (tertiary/aromatic N) is 3. The fraction of sp³-hybridized carbons (Fsp3) is 0.389. The minimum absolute atomic E-state index is 0.0844. The Kier molecular flexibility index (Phi) is 5.58. The lowest BCUT2D eigenvalue weighted by Crippen LogP contribution is -2.36. The molecule has 2 aromatic rings. The number of aryl methyl sites for hydroxylation is 2. The number of primary amides is 1. The second kappa shape index (κ2) is 7.88. The molecule has 8 heteroatoms. The molecular formula is C18H22ClN5O2. The van der Waals surface area contributed by atoms with Crippen LogP contribution in [0.2, 0.25) is 5.15 Å². The fourth-order valence-electron chi connectivity index (χ4n) is 2.96. The van der Waals surface area contributed by atoms with Gasteiger partial charge in [0.05, 0.1) is 18.9 Å². The van der Waals surface area contributed by atoms with Gasteiger partial charge >= 0.3 is 0 Å². The molecule has 0 saturated carbocycles. The largest absolute Gasteiger partial charge is 0.378 e. The molecule has 0 unspecified atom stereocenters. The van der Waals surface area contributed by atoms with Gasteiger partial charge in [-0.1, -0.05) is 18.5 Å². The number of rotatable bonds is 5. The van der Waals surface area contributed by atoms with Gasteiger partial charge in [0.1, 0.15) is 0 Å². The van der Waals surface area contributed by atoms with Crippen molar-refractivity contribution >= 4 is 34.7 Å². The number of carbonyl (C=O) groups excluding carboxylic acids is 1. The summed E-state index contributed by atoms with van der Waals surface area (Å²) in [6.07, 6.45) is 0.569. The maximum absolute atomic E-state index is 11.7. The number of anilines is 3. The van der Waals surface area contributed by atoms with Crippen LogP contribution in [0.1, 0.15) is 28.7 Å². The molecule has 0 atom stereocenters. The number of hydrogen-bond acceptors (Lipinski definition) is 6. The van der Waals surface area contributed by atoms with Crippen LogP contribution < -0.4 is 16.0 Å². The van der Waals surface area contributed by atoms with E-state index in [0.29, 0.717) is 12.1 Å². The maximum Gasteiger partial charge on any atom is 0.271 e. The normalized spacial score (nSPS) is 14.3. The zero-order chi connectivity index (χ0) is 18.7. The number of aromatic nitrogens is 2. The first-order valence-corrected chi connectivity index (χ1v) is 8.94. The number of carbonyl (C=O) groups is 1. The first kappa shape index (κ1) is 18.4. The van der Waals surface area contributed by atoms with Gasteiger partial charge in [-0.25, -0.2) is 9.97 Å². The van der Waals surface area contributed by atoms with Crippen LogP contribution in [0.5, 0.6) is 0 Å². The standard InChI is InChI=1S/C18H22ClN5O2/c1-3-13-16(19)23-18(15(22-13)17(20)25)21-12-4-5-14(11(2)10-12)24-6-8-26-9-7-24/h4-5,10H,3,6-9H2,1-2H3,(H2,20,25)(H,21,23). The fourth-order valence-corrected chi connectivity index (χ4v) is 3.22. The van der Waals surface area contributed by atoms with Crippen molar-refractivity contribution in [1.82, 2.24) is 9.97 Å². The molecule has 26 heavy (non-hydrogen) atoms. The number of nitrogens with one attached hydrogen (secondary N) is 1. The van der Waals surface area contributed by atoms with Crippen LogP contribution in [-0.2, 0) is 11.2 Å². The lowest BCUT2D eigenvalue weighted by Gasteiger charge is -2.30. The van der Waals surface area contributed by atoms with Gasteiger partial charge in [0.25, 0.3) is 5.91 Å². The van der Waals surface area contributed by atoms with Crippen LogP contribution in [0.25, 0.3) is 0 Å². The van der Waals surface area contributed by atoms with Crippen molar-refractivity contribution in [3.8, 4) is 0 Å². The summed E-state index contributed by atoms with van der Waals surface area (Å²) in [5, 5.41) is 3.38. The number of halogens is 1. The van der Waals surface area contributed by atoms with E-state index in [2.05, 4.69) is 20.2 Å². The molecule has 0 spiro atoms. The van der Waals surface area contributed by atoms with E-state index in [4.69, 9.17) is 22.1 Å². The molecule has 1 amide bonds. The first-order valence-electron chi connectivity index (χ1n) is 8.56. The maximum atomic E-state index is 11.7. The van der Waals surface area contributed by atoms with Crippen molar-refractivity contribution in [2.45, 2.75) is 20.3 Å². The Morgan fingerprint density at radius 3 is 2.69 bits per heavy atom. The van der Waals surface area contributed by atoms with E-state index >= 15 is 0 Å². The monoisotopic (exact) mass is 375 g/mol. The highest BCUT2D eigenvalue weighted by atomic mass is 35.5. The van der Waals surface area contributed by atoms with Crippen molar-refractivity contribution in [2.75, 3.05) is 36.5 Å². The number of morpholine rings is 1. The predicted octanol–water partition coefficient (Wildman–Crippen LogP) is 2.68. The summed E-state index contributed by atoms with van der Waals surface area (Å²) >= 11 is 6.15. The Labute approximate surface area is 157 Å². The number of hydrogen-bond donors (Lipinski definition) is 2. The second-order valence-corrected chi connectivity index (χ2v) is 6.46. The van der Waals surface area contributed by atoms with E-state index in [0.717, 1.165) is 37.6 Å². The summed E-state index contributed by atoms with van der Waals surface area (Å²) in [4.78, 5) is 22.5. The van der Waals surface area contributed by atoms with Crippen molar-refractivity contribution in [1.29, 1.82) is 0 Å². The van der Waals surface area contributed by atoms with E-state index in [9.17, 15) is 4.79 Å². The van der Waals surface area contributed by atoms with Gasteiger partial charge in [-0.05, 0) is 37.1 Å². The van der Waals surface area contributed by atoms with E-state index in [1.54, 1.807) is 0 Å². The third kappa shape index (κ3) is 3.89. The van der Waals surface area contributed by atoms with E-state index in [1.165, 1.54) is 5.69 Å². The minimum atomic E-state index is -0.645. The molecule has 1 aromatic heterocycles. The molecule has 0 bridgehead atoms. The van der Waals surface area contributed by atoms with Crippen LogP contribution in [-0.4, -0.2) is 42.2 Å². The molecule has 0 aliphatic carbocycles. The molecule has 3 N–H and O–H groups in total. The summed E-state index contributed by atoms with van der Waals surface area (Å²) in [5.41, 5.74) is 9.15. The molecule has 138 valence electrons. The summed E-state index contributed by atoms with van der Waals surface area (Å²) in [6, 6.07) is 5.98. The van der Waals surface area contributed by atoms with Gasteiger partial charge in [-0.3, -0.25) is 4.79 Å². The van der Waals surface area contributed by atoms with Crippen molar-refractivity contribution < 1.29 is 9.53 Å². The zero-order valence-corrected chi connectivity index (χ0v) is 15.6. The molecule has 3 rings (SSSR count). The molecule has 7 nitrogen and oxygen atoms in total. The number of benzene rings is 1. The molecule has 0 radical (unpaired) electrons. The van der Waals surface area contributed by atoms with Gasteiger partial charge in [0.15, 0.2) is 16.7 Å². The quantitative estimate of drug-likeness (QED) is 0.834. The van der Waals surface area contributed by atoms with Crippen molar-refractivity contribution in [3.63, 3.8) is 0 Å². The Balaban J connectivity index is 1.88. The van der Waals surface area contributed by atoms with Gasteiger partial charge in [-0.15, -0.1) is 0 Å². The Morgan fingerprint density at radius 2 is 2.08 bits per heavy atom. The highest BCUT2D eigenvalue weighted by molar-refractivity contribution is 6.30. The van der Waals surface area contributed by atoms with Gasteiger partial charge in [-0.2, -0.15) is 0 Å². The Bertz CT molecular complexity index is 821. The lowest BCUT2D eigenvalue weighted by molar-refractivity contribution is 0.0996. The van der Waals surface area contributed by atoms with Crippen molar-refractivity contribution in [3.05, 3.63) is 40.3 Å². The SMILES string of the molecule is CCc1nc(C(N)=O)c(Nc2ccc(N3CCOCC3)c(C)c2)nc1Cl.